The molecule has 0 spiro atoms. The summed E-state index contributed by atoms with van der Waals surface area (Å²) in [6.45, 7) is -0.178. The van der Waals surface area contributed by atoms with Gasteiger partial charge in [0.25, 0.3) is 0 Å². The third kappa shape index (κ3) is 2.50. The Labute approximate surface area is 121 Å². The number of hydrogen-bond donors (Lipinski definition) is 1. The van der Waals surface area contributed by atoms with Crippen molar-refractivity contribution < 1.29 is 22.7 Å². The van der Waals surface area contributed by atoms with E-state index in [9.17, 15) is 17.9 Å². The van der Waals surface area contributed by atoms with E-state index in [2.05, 4.69) is 0 Å². The van der Waals surface area contributed by atoms with Crippen molar-refractivity contribution in [2.75, 3.05) is 6.61 Å². The lowest BCUT2D eigenvalue weighted by atomic mass is 10.2. The van der Waals surface area contributed by atoms with Gasteiger partial charge in [-0.3, -0.25) is 0 Å². The maximum absolute atomic E-state index is 13.2. The van der Waals surface area contributed by atoms with Gasteiger partial charge in [-0.1, -0.05) is 6.07 Å². The molecule has 2 aromatic carbocycles. The first-order valence-corrected chi connectivity index (χ1v) is 7.62. The van der Waals surface area contributed by atoms with Crippen LogP contribution >= 0.6 is 0 Å². The number of fused-ring (bicyclic) bond motifs is 1. The molecule has 108 valence electrons. The smallest absolute Gasteiger partial charge is 0.206 e. The van der Waals surface area contributed by atoms with E-state index in [4.69, 9.17) is 4.74 Å². The molecule has 1 aliphatic heterocycles. The van der Waals surface area contributed by atoms with Crippen LogP contribution in [0.4, 0.5) is 4.39 Å². The SMILES string of the molecule is O=S1(=O)C(COc2cccc(O)c2)=Cc2cc(F)ccc21. The molecule has 0 atom stereocenters. The molecule has 0 amide bonds. The van der Waals surface area contributed by atoms with Crippen LogP contribution in [0.5, 0.6) is 11.5 Å². The Morgan fingerprint density at radius 2 is 1.95 bits per heavy atom. The van der Waals surface area contributed by atoms with Gasteiger partial charge in [0.15, 0.2) is 0 Å². The van der Waals surface area contributed by atoms with E-state index in [1.807, 2.05) is 0 Å². The molecule has 0 bridgehead atoms. The minimum Gasteiger partial charge on any atom is -0.508 e. The fourth-order valence-electron chi connectivity index (χ4n) is 2.12. The fraction of sp³-hybridized carbons (Fsp3) is 0.0667. The third-order valence-corrected chi connectivity index (χ3v) is 5.00. The molecule has 1 aliphatic rings. The second-order valence-corrected chi connectivity index (χ2v) is 6.55. The summed E-state index contributed by atoms with van der Waals surface area (Å²) < 4.78 is 43.0. The van der Waals surface area contributed by atoms with Crippen molar-refractivity contribution in [3.8, 4) is 11.5 Å². The normalized spacial score (nSPS) is 15.4. The number of benzene rings is 2. The lowest BCUT2D eigenvalue weighted by molar-refractivity contribution is 0.356. The topological polar surface area (TPSA) is 63.6 Å². The van der Waals surface area contributed by atoms with Gasteiger partial charge in [-0.15, -0.1) is 0 Å². The number of hydrogen-bond acceptors (Lipinski definition) is 4. The Morgan fingerprint density at radius 3 is 2.71 bits per heavy atom. The Balaban J connectivity index is 1.86. The van der Waals surface area contributed by atoms with Crippen LogP contribution < -0.4 is 4.74 Å². The number of phenolic OH excluding ortho intramolecular Hbond substituents is 1. The molecular weight excluding hydrogens is 295 g/mol. The average Bonchev–Trinajstić information content (AvgIpc) is 2.67. The fourth-order valence-corrected chi connectivity index (χ4v) is 3.57. The highest BCUT2D eigenvalue weighted by Crippen LogP contribution is 2.33. The van der Waals surface area contributed by atoms with E-state index in [0.29, 0.717) is 11.3 Å². The molecule has 0 saturated carbocycles. The van der Waals surface area contributed by atoms with Crippen LogP contribution in [0.2, 0.25) is 0 Å². The van der Waals surface area contributed by atoms with Crippen molar-refractivity contribution in [3.63, 3.8) is 0 Å². The predicted molar refractivity (Wildman–Crippen MR) is 75.2 cm³/mol. The first kappa shape index (κ1) is 13.6. The molecule has 6 heteroatoms. The van der Waals surface area contributed by atoms with E-state index in [0.717, 1.165) is 6.07 Å². The second-order valence-electron chi connectivity index (χ2n) is 4.58. The van der Waals surface area contributed by atoms with Gasteiger partial charge >= 0.3 is 0 Å². The number of rotatable bonds is 3. The quantitative estimate of drug-likeness (QED) is 0.886. The summed E-state index contributed by atoms with van der Waals surface area (Å²) in [5, 5.41) is 9.33. The first-order chi connectivity index (χ1) is 9.96. The minimum absolute atomic E-state index is 0.0288. The van der Waals surface area contributed by atoms with Crippen LogP contribution in [0.1, 0.15) is 5.56 Å². The highest BCUT2D eigenvalue weighted by molar-refractivity contribution is 7.95. The standard InChI is InChI=1S/C15H11FO4S/c16-11-4-5-15-10(6-11)7-14(21(15,18)19)9-20-13-3-1-2-12(17)8-13/h1-8,17H,9H2. The molecule has 21 heavy (non-hydrogen) atoms. The molecule has 0 radical (unpaired) electrons. The summed E-state index contributed by atoms with van der Waals surface area (Å²) in [7, 11) is -3.64. The van der Waals surface area contributed by atoms with E-state index < -0.39 is 15.7 Å². The van der Waals surface area contributed by atoms with Crippen molar-refractivity contribution >= 4 is 15.9 Å². The molecule has 0 saturated heterocycles. The molecule has 1 N–H and O–H groups in total. The van der Waals surface area contributed by atoms with Crippen molar-refractivity contribution in [2.24, 2.45) is 0 Å². The molecule has 4 nitrogen and oxygen atoms in total. The van der Waals surface area contributed by atoms with Crippen molar-refractivity contribution in [3.05, 3.63) is 58.8 Å². The lowest BCUT2D eigenvalue weighted by Crippen LogP contribution is -2.08. The van der Waals surface area contributed by atoms with Crippen molar-refractivity contribution in [1.29, 1.82) is 0 Å². The lowest BCUT2D eigenvalue weighted by Gasteiger charge is -2.07. The molecule has 3 rings (SSSR count). The van der Waals surface area contributed by atoms with Crippen LogP contribution in [-0.4, -0.2) is 20.1 Å². The Hall–Kier alpha value is -2.34. The zero-order valence-electron chi connectivity index (χ0n) is 10.8. The van der Waals surface area contributed by atoms with Gasteiger partial charge in [0, 0.05) is 6.07 Å². The van der Waals surface area contributed by atoms with E-state index in [1.165, 1.54) is 30.3 Å². The zero-order chi connectivity index (χ0) is 15.0. The molecular formula is C15H11FO4S. The van der Waals surface area contributed by atoms with Gasteiger partial charge in [-0.05, 0) is 42.0 Å². The number of aromatic hydroxyl groups is 1. The average molecular weight is 306 g/mol. The summed E-state index contributed by atoms with van der Waals surface area (Å²) in [6, 6.07) is 9.60. The number of ether oxygens (including phenoxy) is 1. The molecule has 2 aromatic rings. The maximum atomic E-state index is 13.2. The van der Waals surface area contributed by atoms with Gasteiger partial charge in [0.1, 0.15) is 23.9 Å². The highest BCUT2D eigenvalue weighted by Gasteiger charge is 2.30. The van der Waals surface area contributed by atoms with Gasteiger partial charge in [-0.25, -0.2) is 12.8 Å². The van der Waals surface area contributed by atoms with Gasteiger partial charge in [-0.2, -0.15) is 0 Å². The van der Waals surface area contributed by atoms with Crippen molar-refractivity contribution in [1.82, 2.24) is 0 Å². The molecule has 0 aliphatic carbocycles. The summed E-state index contributed by atoms with van der Waals surface area (Å²) in [5.74, 6) is -0.107. The first-order valence-electron chi connectivity index (χ1n) is 6.14. The molecule has 0 unspecified atom stereocenters. The van der Waals surface area contributed by atoms with Gasteiger partial charge < -0.3 is 9.84 Å². The summed E-state index contributed by atoms with van der Waals surface area (Å²) >= 11 is 0. The highest BCUT2D eigenvalue weighted by atomic mass is 32.2. The monoisotopic (exact) mass is 306 g/mol. The maximum Gasteiger partial charge on any atom is 0.206 e. The van der Waals surface area contributed by atoms with Gasteiger partial charge in [0.05, 0.1) is 9.80 Å². The largest absolute Gasteiger partial charge is 0.508 e. The van der Waals surface area contributed by atoms with Crippen LogP contribution in [-0.2, 0) is 9.84 Å². The Morgan fingerprint density at radius 1 is 1.14 bits per heavy atom. The summed E-state index contributed by atoms with van der Waals surface area (Å²) in [6.07, 6.45) is 1.40. The molecule has 0 aromatic heterocycles. The Bertz CT molecular complexity index is 841. The van der Waals surface area contributed by atoms with E-state index in [1.54, 1.807) is 12.1 Å². The van der Waals surface area contributed by atoms with E-state index >= 15 is 0 Å². The Kier molecular flexibility index (Phi) is 3.17. The number of sulfone groups is 1. The van der Waals surface area contributed by atoms with E-state index in [-0.39, 0.29) is 22.2 Å². The van der Waals surface area contributed by atoms with Crippen LogP contribution in [0.3, 0.4) is 0 Å². The minimum atomic E-state index is -3.64. The molecule has 1 heterocycles. The number of halogens is 1. The zero-order valence-corrected chi connectivity index (χ0v) is 11.6. The van der Waals surface area contributed by atoms with Crippen LogP contribution in [0, 0.1) is 5.82 Å². The third-order valence-electron chi connectivity index (χ3n) is 3.12. The van der Waals surface area contributed by atoms with Crippen LogP contribution in [0.15, 0.2) is 52.3 Å². The second kappa shape index (κ2) is 4.89. The number of phenols is 1. The summed E-state index contributed by atoms with van der Waals surface area (Å²) in [4.78, 5) is 0.143. The molecule has 0 fully saturated rings. The van der Waals surface area contributed by atoms with Gasteiger partial charge in [0.2, 0.25) is 9.84 Å². The summed E-state index contributed by atoms with van der Waals surface area (Å²) in [5.41, 5.74) is 0.324. The van der Waals surface area contributed by atoms with Crippen molar-refractivity contribution in [2.45, 2.75) is 4.90 Å². The van der Waals surface area contributed by atoms with Crippen LogP contribution in [0.25, 0.3) is 6.08 Å². The predicted octanol–water partition coefficient (Wildman–Crippen LogP) is 2.74.